The van der Waals surface area contributed by atoms with Gasteiger partial charge in [-0.25, -0.2) is 11.3 Å². The van der Waals surface area contributed by atoms with E-state index in [4.69, 9.17) is 13.3 Å². The maximum Gasteiger partial charge on any atom is 0.120 e. The molecule has 0 fully saturated rings. The van der Waals surface area contributed by atoms with Crippen molar-refractivity contribution in [2.45, 2.75) is 0 Å². The van der Waals surface area contributed by atoms with Gasteiger partial charge in [0, 0.05) is 194 Å². The van der Waals surface area contributed by atoms with E-state index in [1.165, 1.54) is 40.3 Å². The van der Waals surface area contributed by atoms with Crippen LogP contribution in [0.1, 0.15) is 0 Å². The average molecular weight is 2160 g/mol. The van der Waals surface area contributed by atoms with Crippen LogP contribution in [0.2, 0.25) is 0 Å². The van der Waals surface area contributed by atoms with Crippen molar-refractivity contribution in [2.75, 3.05) is 0 Å². The van der Waals surface area contributed by atoms with Crippen LogP contribution in [0.25, 0.3) is 135 Å². The third-order valence-electron chi connectivity index (χ3n) is 15.2. The first-order valence-corrected chi connectivity index (χ1v) is 30.4. The predicted molar refractivity (Wildman–Crippen MR) is 360 cm³/mol. The number of hydrogen-bond donors (Lipinski definition) is 0. The van der Waals surface area contributed by atoms with Crippen molar-refractivity contribution >= 4 is 129 Å². The summed E-state index contributed by atoms with van der Waals surface area (Å²) < 4.78 is 31.6. The molecule has 0 saturated heterocycles. The van der Waals surface area contributed by atoms with Crippen LogP contribution in [-0.2, 0) is 101 Å². The molecule has 0 bridgehead atoms. The predicted octanol–water partition coefficient (Wildman–Crippen LogP) is 18.8. The molecule has 0 saturated carbocycles. The third-order valence-corrected chi connectivity index (χ3v) is 17.5. The van der Waals surface area contributed by atoms with Crippen molar-refractivity contribution in [1.82, 2.24) is 48.9 Å². The number of furan rings is 3. The van der Waals surface area contributed by atoms with Gasteiger partial charge in [0.15, 0.2) is 0 Å². The topological polar surface area (TPSA) is 129 Å². The first-order valence-electron chi connectivity index (χ1n) is 28.7. The maximum atomic E-state index is 5.83. The summed E-state index contributed by atoms with van der Waals surface area (Å²) in [5.74, 6) is 0. The molecule has 20 heteroatoms. The van der Waals surface area contributed by atoms with E-state index < -0.39 is 0 Å². The zero-order valence-electron chi connectivity index (χ0n) is 49.2. The van der Waals surface area contributed by atoms with Gasteiger partial charge in [-0.15, -0.1) is 53.2 Å². The Bertz CT molecular complexity index is 5340. The number of fused-ring (bicyclic) bond motifs is 15. The fraction of sp³-hybridized carbons (Fsp3) is 0. The number of thiophene rings is 2. The number of rotatable bonds is 5. The van der Waals surface area contributed by atoms with Crippen LogP contribution in [0.3, 0.4) is 0 Å². The van der Waals surface area contributed by atoms with Crippen molar-refractivity contribution in [3.8, 4) is 28.4 Å². The van der Waals surface area contributed by atoms with Gasteiger partial charge in [-0.3, -0.25) is 23.4 Å². The van der Waals surface area contributed by atoms with Crippen LogP contribution in [0.15, 0.2) is 288 Å². The van der Waals surface area contributed by atoms with E-state index >= 15 is 0 Å². The van der Waals surface area contributed by atoms with Crippen LogP contribution >= 0.6 is 22.7 Å². The zero-order chi connectivity index (χ0) is 59.7. The first-order chi connectivity index (χ1) is 44.6. The number of para-hydroxylation sites is 3. The summed E-state index contributed by atoms with van der Waals surface area (Å²) >= 11 is 3.62. The molecule has 10 aromatic heterocycles. The molecule has 5 radical (unpaired) electrons. The Hall–Kier alpha value is -8.66. The fourth-order valence-electron chi connectivity index (χ4n) is 11.0. The zero-order valence-corrected chi connectivity index (χ0v) is 62.8. The largest absolute Gasteiger partial charge is 0.516 e. The smallest absolute Gasteiger partial charge is 0.120 e. The van der Waals surface area contributed by atoms with Crippen LogP contribution in [0.5, 0.6) is 0 Å². The molecule has 0 atom stereocenters. The molecule has 0 N–H and O–H groups in total. The number of hydrogen-bond acceptors (Lipinski definition) is 10. The van der Waals surface area contributed by atoms with Crippen molar-refractivity contribution < 1.29 is 114 Å². The van der Waals surface area contributed by atoms with Crippen LogP contribution in [-0.4, -0.2) is 48.9 Å². The Kier molecular flexibility index (Phi) is 21.7. The molecule has 20 rings (SSSR count). The summed E-state index contributed by atoms with van der Waals surface area (Å²) in [6, 6.07) is 87.1. The quantitative estimate of drug-likeness (QED) is 0.156. The van der Waals surface area contributed by atoms with E-state index in [1.54, 1.807) is 56.4 Å². The summed E-state index contributed by atoms with van der Waals surface area (Å²) in [5, 5.41) is 32.9. The Balaban J connectivity index is 0.000000119. The second-order valence-corrected chi connectivity index (χ2v) is 22.9. The summed E-state index contributed by atoms with van der Waals surface area (Å²) in [5.41, 5.74) is 9.82. The van der Waals surface area contributed by atoms with Gasteiger partial charge in [0.1, 0.15) is 16.7 Å². The van der Waals surface area contributed by atoms with Crippen molar-refractivity contribution in [2.24, 2.45) is 0 Å². The molecule has 0 unspecified atom stereocenters. The van der Waals surface area contributed by atoms with E-state index in [2.05, 4.69) is 153 Å². The maximum absolute atomic E-state index is 5.83. The minimum Gasteiger partial charge on any atom is -0.516 e. The third kappa shape index (κ3) is 13.9. The molecule has 0 amide bonds. The van der Waals surface area contributed by atoms with Gasteiger partial charge in [0.2, 0.25) is 0 Å². The minimum absolute atomic E-state index is 0. The monoisotopic (exact) mass is 2160 g/mol. The minimum atomic E-state index is 0. The van der Waals surface area contributed by atoms with Gasteiger partial charge >= 0.3 is 0 Å². The van der Waals surface area contributed by atoms with Gasteiger partial charge in [0.25, 0.3) is 0 Å². The molecular formula is C75H45Ir5N10O3S2-5. The van der Waals surface area contributed by atoms with Crippen LogP contribution < -0.4 is 0 Å². The fourth-order valence-corrected chi connectivity index (χ4v) is 13.2. The van der Waals surface area contributed by atoms with E-state index in [0.717, 1.165) is 94.3 Å². The van der Waals surface area contributed by atoms with Crippen LogP contribution in [0, 0.1) is 30.3 Å². The second-order valence-electron chi connectivity index (χ2n) is 20.7. The molecule has 0 aliphatic rings. The van der Waals surface area contributed by atoms with Gasteiger partial charge in [-0.05, 0) is 105 Å². The molecule has 0 aliphatic carbocycles. The molecule has 0 spiro atoms. The Morgan fingerprint density at radius 1 is 0.263 bits per heavy atom. The Morgan fingerprint density at radius 2 is 0.663 bits per heavy atom. The molecular weight excluding hydrogens is 2110 g/mol. The molecule has 0 aliphatic heterocycles. The molecule has 475 valence electrons. The summed E-state index contributed by atoms with van der Waals surface area (Å²) in [7, 11) is 0. The normalized spacial score (nSPS) is 10.7. The number of aromatic nitrogens is 10. The molecule has 10 aromatic carbocycles. The Labute approximate surface area is 618 Å². The van der Waals surface area contributed by atoms with Gasteiger partial charge in [-0.1, -0.05) is 122 Å². The van der Waals surface area contributed by atoms with Gasteiger partial charge in [0.05, 0.1) is 0 Å². The summed E-state index contributed by atoms with van der Waals surface area (Å²) in [4.78, 5) is 0. The first kappa shape index (κ1) is 67.7. The SMILES string of the molecule is [Ir].[Ir].[Ir].[Ir].[Ir].[c-]1c(-n2cccn2)ccc2c1oc1ccccc12.[c-]1cc2c(cc1-n1cccn1)oc1ccccc12.[c-]1cc2c(cc1-n1cccn1)sc1ccccc12.[c-]1cc2oc3ccccc3c2cc1-n1cccn1.[c-]1cc2sc3ccccc3c2cc1-n1cccn1. The van der Waals surface area contributed by atoms with Crippen molar-refractivity contribution in [3.05, 3.63) is 305 Å². The average Bonchev–Trinajstić information content (AvgIpc) is 1.68. The number of nitrogens with zero attached hydrogens (tertiary/aromatic N) is 10. The van der Waals surface area contributed by atoms with Crippen molar-refractivity contribution in [1.29, 1.82) is 0 Å². The standard InChI is InChI=1S/3C15H9N2O.2C15H9N2S.5Ir/c1-2-5-14-12(4-1)13-10-11(6-7-15(13)18-14)17-9-3-8-16-17;2*1-2-5-14-12(4-1)13-7-6-11(10-15(13)18-14)17-9-3-8-16-17;1-2-5-14-12(4-1)13-10-11(6-7-15(13)18-14)17-9-3-8-16-17;1-2-5-14-12(4-1)13-7-6-11(10-15(13)18-14)17-9-3-8-16-17;;;;;/h2*1-5,7-10H;1-9H;2*1-5,7-10H;;;;;/q5*-1;;;;;. The number of benzene rings is 10. The van der Waals surface area contributed by atoms with E-state index in [1.807, 2.05) is 167 Å². The molecule has 13 nitrogen and oxygen atoms in total. The van der Waals surface area contributed by atoms with E-state index in [9.17, 15) is 0 Å². The summed E-state index contributed by atoms with van der Waals surface area (Å²) in [6.07, 6.45) is 18.4. The van der Waals surface area contributed by atoms with Crippen LogP contribution in [0.4, 0.5) is 0 Å². The van der Waals surface area contributed by atoms with E-state index in [0.29, 0.717) is 0 Å². The van der Waals surface area contributed by atoms with E-state index in [-0.39, 0.29) is 101 Å². The summed E-state index contributed by atoms with van der Waals surface area (Å²) in [6.45, 7) is 0. The molecule has 20 aromatic rings. The molecule has 10 heterocycles. The van der Waals surface area contributed by atoms with Gasteiger partial charge in [-0.2, -0.15) is 85.4 Å². The van der Waals surface area contributed by atoms with Crippen molar-refractivity contribution in [3.63, 3.8) is 0 Å². The molecule has 95 heavy (non-hydrogen) atoms. The van der Waals surface area contributed by atoms with Gasteiger partial charge < -0.3 is 13.3 Å². The Morgan fingerprint density at radius 3 is 1.21 bits per heavy atom. The second kappa shape index (κ2) is 30.4.